The molecule has 8 heteroatoms. The van der Waals surface area contributed by atoms with Gasteiger partial charge < -0.3 is 15.4 Å². The van der Waals surface area contributed by atoms with Crippen LogP contribution < -0.4 is 10.6 Å². The molecule has 0 spiro atoms. The first kappa shape index (κ1) is 21.0. The van der Waals surface area contributed by atoms with Crippen LogP contribution in [0.25, 0.3) is 0 Å². The van der Waals surface area contributed by atoms with E-state index >= 15 is 0 Å². The van der Waals surface area contributed by atoms with E-state index in [1.807, 2.05) is 32.0 Å². The molecule has 1 heterocycles. The first-order chi connectivity index (χ1) is 14.2. The van der Waals surface area contributed by atoms with Crippen LogP contribution in [0.2, 0.25) is 0 Å². The molecule has 3 rings (SSSR count). The largest absolute Gasteiger partial charge is 0.454 e. The van der Waals surface area contributed by atoms with Crippen molar-refractivity contribution in [2.45, 2.75) is 26.3 Å². The van der Waals surface area contributed by atoms with E-state index in [0.29, 0.717) is 11.3 Å². The second kappa shape index (κ2) is 8.36. The van der Waals surface area contributed by atoms with E-state index in [9.17, 15) is 19.2 Å². The van der Waals surface area contributed by atoms with E-state index < -0.39 is 42.5 Å². The van der Waals surface area contributed by atoms with E-state index in [-0.39, 0.29) is 0 Å². The van der Waals surface area contributed by atoms with Crippen LogP contribution in [0, 0.1) is 13.8 Å². The lowest BCUT2D eigenvalue weighted by atomic mass is 9.91. The van der Waals surface area contributed by atoms with Gasteiger partial charge in [0.05, 0.1) is 0 Å². The fourth-order valence-electron chi connectivity index (χ4n) is 3.16. The summed E-state index contributed by atoms with van der Waals surface area (Å²) < 4.78 is 4.93. The van der Waals surface area contributed by atoms with Crippen molar-refractivity contribution in [1.82, 2.24) is 10.2 Å². The molecule has 0 saturated carbocycles. The number of nitrogens with zero attached hydrogens (tertiary/aromatic N) is 1. The predicted molar refractivity (Wildman–Crippen MR) is 110 cm³/mol. The average Bonchev–Trinajstić information content (AvgIpc) is 2.91. The van der Waals surface area contributed by atoms with Gasteiger partial charge in [-0.15, -0.1) is 0 Å². The fourth-order valence-corrected chi connectivity index (χ4v) is 3.16. The molecule has 0 bridgehead atoms. The Balaban J connectivity index is 1.57. The highest BCUT2D eigenvalue weighted by Crippen LogP contribution is 2.28. The smallest absolute Gasteiger partial charge is 0.326 e. The van der Waals surface area contributed by atoms with Gasteiger partial charge in [0.2, 0.25) is 0 Å². The number of rotatable bonds is 6. The Hall–Kier alpha value is -3.68. The Morgan fingerprint density at radius 2 is 1.77 bits per heavy atom. The number of benzene rings is 2. The van der Waals surface area contributed by atoms with Gasteiger partial charge in [-0.25, -0.2) is 4.79 Å². The Morgan fingerprint density at radius 3 is 2.43 bits per heavy atom. The topological polar surface area (TPSA) is 105 Å². The van der Waals surface area contributed by atoms with E-state index in [2.05, 4.69) is 10.6 Å². The van der Waals surface area contributed by atoms with Gasteiger partial charge in [-0.2, -0.15) is 0 Å². The SMILES string of the molecule is Cc1ccc([C@@]2(C)NC(=O)N(CC(=O)OCC(=O)Nc3cccc(C)c3)C2=O)cc1. The molecule has 0 unspecified atom stereocenters. The molecule has 1 atom stereocenters. The third kappa shape index (κ3) is 4.48. The van der Waals surface area contributed by atoms with Crippen LogP contribution in [0.4, 0.5) is 10.5 Å². The monoisotopic (exact) mass is 409 g/mol. The van der Waals surface area contributed by atoms with Crippen molar-refractivity contribution < 1.29 is 23.9 Å². The zero-order chi connectivity index (χ0) is 21.9. The number of nitrogens with one attached hydrogen (secondary N) is 2. The predicted octanol–water partition coefficient (Wildman–Crippen LogP) is 2.25. The molecule has 1 aliphatic rings. The minimum Gasteiger partial charge on any atom is -0.454 e. The summed E-state index contributed by atoms with van der Waals surface area (Å²) >= 11 is 0. The summed E-state index contributed by atoms with van der Waals surface area (Å²) in [7, 11) is 0. The molecular formula is C22H23N3O5. The van der Waals surface area contributed by atoms with Crippen molar-refractivity contribution in [2.24, 2.45) is 0 Å². The summed E-state index contributed by atoms with van der Waals surface area (Å²) in [5, 5.41) is 5.24. The maximum absolute atomic E-state index is 12.8. The molecule has 0 aliphatic carbocycles. The number of carbonyl (C=O) groups is 4. The van der Waals surface area contributed by atoms with Crippen LogP contribution in [0.5, 0.6) is 0 Å². The van der Waals surface area contributed by atoms with Gasteiger partial charge in [0.1, 0.15) is 12.1 Å². The second-order valence-electron chi connectivity index (χ2n) is 7.39. The lowest BCUT2D eigenvalue weighted by Gasteiger charge is -2.22. The molecule has 156 valence electrons. The molecule has 2 N–H and O–H groups in total. The third-order valence-electron chi connectivity index (χ3n) is 4.86. The van der Waals surface area contributed by atoms with Crippen molar-refractivity contribution >= 4 is 29.5 Å². The number of imide groups is 1. The number of ether oxygens (including phenoxy) is 1. The number of carbonyl (C=O) groups excluding carboxylic acids is 4. The lowest BCUT2D eigenvalue weighted by Crippen LogP contribution is -2.41. The highest BCUT2D eigenvalue weighted by Gasteiger charge is 2.49. The van der Waals surface area contributed by atoms with Crippen molar-refractivity contribution in [2.75, 3.05) is 18.5 Å². The standard InChI is InChI=1S/C22H23N3O5/c1-14-7-9-16(10-8-14)22(3)20(28)25(21(29)24-22)12-19(27)30-13-18(26)23-17-6-4-5-15(2)11-17/h4-11H,12-13H2,1-3H3,(H,23,26)(H,24,29)/t22-/m1/s1. The van der Waals surface area contributed by atoms with Crippen LogP contribution in [0.3, 0.4) is 0 Å². The third-order valence-corrected chi connectivity index (χ3v) is 4.86. The number of hydrogen-bond acceptors (Lipinski definition) is 5. The number of urea groups is 1. The average molecular weight is 409 g/mol. The first-order valence-corrected chi connectivity index (χ1v) is 9.42. The summed E-state index contributed by atoms with van der Waals surface area (Å²) in [4.78, 5) is 50.0. The molecular weight excluding hydrogens is 386 g/mol. The molecule has 1 fully saturated rings. The molecule has 2 aromatic carbocycles. The lowest BCUT2D eigenvalue weighted by molar-refractivity contribution is -0.150. The highest BCUT2D eigenvalue weighted by molar-refractivity contribution is 6.09. The number of aryl methyl sites for hydroxylation is 2. The molecule has 8 nitrogen and oxygen atoms in total. The van der Waals surface area contributed by atoms with Crippen LogP contribution >= 0.6 is 0 Å². The molecule has 2 aromatic rings. The van der Waals surface area contributed by atoms with Gasteiger partial charge in [0.15, 0.2) is 6.61 Å². The number of esters is 1. The van der Waals surface area contributed by atoms with E-state index in [0.717, 1.165) is 16.0 Å². The van der Waals surface area contributed by atoms with Crippen LogP contribution in [-0.4, -0.2) is 41.9 Å². The van der Waals surface area contributed by atoms with Crippen LogP contribution in [0.1, 0.15) is 23.6 Å². The van der Waals surface area contributed by atoms with Gasteiger partial charge in [-0.05, 0) is 44.0 Å². The summed E-state index contributed by atoms with van der Waals surface area (Å²) in [6.07, 6.45) is 0. The zero-order valence-corrected chi connectivity index (χ0v) is 17.0. The Kier molecular flexibility index (Phi) is 5.86. The van der Waals surface area contributed by atoms with Crippen LogP contribution in [0.15, 0.2) is 48.5 Å². The first-order valence-electron chi connectivity index (χ1n) is 9.42. The van der Waals surface area contributed by atoms with E-state index in [4.69, 9.17) is 4.74 Å². The summed E-state index contributed by atoms with van der Waals surface area (Å²) in [6, 6.07) is 13.7. The molecule has 0 aromatic heterocycles. The fraction of sp³-hybridized carbons (Fsp3) is 0.273. The molecule has 0 radical (unpaired) electrons. The van der Waals surface area contributed by atoms with Crippen molar-refractivity contribution in [3.8, 4) is 0 Å². The van der Waals surface area contributed by atoms with E-state index in [1.54, 1.807) is 37.3 Å². The summed E-state index contributed by atoms with van der Waals surface area (Å²) in [6.45, 7) is 4.28. The second-order valence-corrected chi connectivity index (χ2v) is 7.39. The number of anilines is 1. The molecule has 4 amide bonds. The summed E-state index contributed by atoms with van der Waals surface area (Å²) in [5.74, 6) is -1.93. The van der Waals surface area contributed by atoms with E-state index in [1.165, 1.54) is 0 Å². The van der Waals surface area contributed by atoms with Gasteiger partial charge in [-0.3, -0.25) is 19.3 Å². The van der Waals surface area contributed by atoms with Crippen molar-refractivity contribution in [3.63, 3.8) is 0 Å². The van der Waals surface area contributed by atoms with Gasteiger partial charge in [-0.1, -0.05) is 42.0 Å². The maximum Gasteiger partial charge on any atom is 0.326 e. The van der Waals surface area contributed by atoms with Gasteiger partial charge in [0, 0.05) is 5.69 Å². The van der Waals surface area contributed by atoms with Crippen LogP contribution in [-0.2, 0) is 24.7 Å². The zero-order valence-electron chi connectivity index (χ0n) is 17.0. The Labute approximate surface area is 174 Å². The minimum absolute atomic E-state index is 0.518. The number of hydrogen-bond donors (Lipinski definition) is 2. The Bertz CT molecular complexity index is 1000. The molecule has 30 heavy (non-hydrogen) atoms. The highest BCUT2D eigenvalue weighted by atomic mass is 16.5. The molecule has 1 aliphatic heterocycles. The summed E-state index contributed by atoms with van der Waals surface area (Å²) in [5.41, 5.74) is 1.91. The van der Waals surface area contributed by atoms with Gasteiger partial charge >= 0.3 is 12.0 Å². The minimum atomic E-state index is -1.27. The Morgan fingerprint density at radius 1 is 1.07 bits per heavy atom. The molecule has 1 saturated heterocycles. The van der Waals surface area contributed by atoms with Gasteiger partial charge in [0.25, 0.3) is 11.8 Å². The quantitative estimate of drug-likeness (QED) is 0.562. The number of amides is 4. The van der Waals surface area contributed by atoms with Crippen molar-refractivity contribution in [3.05, 3.63) is 65.2 Å². The normalized spacial score (nSPS) is 18.2. The van der Waals surface area contributed by atoms with Crippen molar-refractivity contribution in [1.29, 1.82) is 0 Å². The maximum atomic E-state index is 12.8.